The summed E-state index contributed by atoms with van der Waals surface area (Å²) in [6, 6.07) is 13.9. The fourth-order valence-electron chi connectivity index (χ4n) is 3.79. The summed E-state index contributed by atoms with van der Waals surface area (Å²) in [5, 5.41) is 20.8. The number of anilines is 1. The van der Waals surface area contributed by atoms with Gasteiger partial charge in [0.2, 0.25) is 5.91 Å². The summed E-state index contributed by atoms with van der Waals surface area (Å²) in [7, 11) is 1.61. The zero-order chi connectivity index (χ0) is 24.2. The van der Waals surface area contributed by atoms with E-state index < -0.39 is 0 Å². The van der Waals surface area contributed by atoms with Crippen LogP contribution in [-0.2, 0) is 11.3 Å². The number of carbonyl (C=O) groups excluding carboxylic acids is 2. The van der Waals surface area contributed by atoms with Crippen LogP contribution in [0.3, 0.4) is 0 Å². The molecule has 8 nitrogen and oxygen atoms in total. The molecule has 3 N–H and O–H groups in total. The maximum atomic E-state index is 13.1. The van der Waals surface area contributed by atoms with Crippen LogP contribution in [0.25, 0.3) is 11.3 Å². The van der Waals surface area contributed by atoms with E-state index in [1.54, 1.807) is 19.2 Å². The van der Waals surface area contributed by atoms with E-state index in [0.717, 1.165) is 36.3 Å². The van der Waals surface area contributed by atoms with Crippen molar-refractivity contribution < 1.29 is 19.4 Å². The highest BCUT2D eigenvalue weighted by Gasteiger charge is 2.27. The Morgan fingerprint density at radius 2 is 1.88 bits per heavy atom. The fraction of sp³-hybridized carbons (Fsp3) is 0.346. The van der Waals surface area contributed by atoms with Crippen molar-refractivity contribution in [3.05, 3.63) is 59.8 Å². The average molecular weight is 463 g/mol. The van der Waals surface area contributed by atoms with Gasteiger partial charge >= 0.3 is 6.03 Å². The molecule has 1 saturated carbocycles. The molecule has 1 aliphatic rings. The maximum absolute atomic E-state index is 13.1. The summed E-state index contributed by atoms with van der Waals surface area (Å²) in [5.41, 5.74) is 3.28. The first-order chi connectivity index (χ1) is 16.4. The van der Waals surface area contributed by atoms with E-state index in [2.05, 4.69) is 15.7 Å². The second-order valence-electron chi connectivity index (χ2n) is 8.88. The van der Waals surface area contributed by atoms with Crippen LogP contribution in [0.4, 0.5) is 10.5 Å². The predicted molar refractivity (Wildman–Crippen MR) is 130 cm³/mol. The number of amides is 2. The van der Waals surface area contributed by atoms with Crippen molar-refractivity contribution >= 4 is 17.6 Å². The highest BCUT2D eigenvalue weighted by atomic mass is 16.5. The first-order valence-electron chi connectivity index (χ1n) is 11.5. The minimum absolute atomic E-state index is 0.0333. The molecule has 3 aromatic rings. The molecule has 34 heavy (non-hydrogen) atoms. The van der Waals surface area contributed by atoms with Crippen LogP contribution in [0.15, 0.2) is 48.5 Å². The Hall–Kier alpha value is -3.81. The van der Waals surface area contributed by atoms with Crippen molar-refractivity contribution in [3.8, 4) is 22.8 Å². The van der Waals surface area contributed by atoms with E-state index in [0.29, 0.717) is 23.5 Å². The van der Waals surface area contributed by atoms with Crippen LogP contribution >= 0.6 is 0 Å². The number of phenolic OH excluding ortho intramolecular Hbond substituents is 1. The number of phenols is 1. The molecule has 8 heteroatoms. The van der Waals surface area contributed by atoms with Gasteiger partial charge in [0, 0.05) is 29.6 Å². The second-order valence-corrected chi connectivity index (χ2v) is 8.88. The van der Waals surface area contributed by atoms with E-state index in [-0.39, 0.29) is 29.5 Å². The lowest BCUT2D eigenvalue weighted by molar-refractivity contribution is -0.118. The molecule has 0 atom stereocenters. The quantitative estimate of drug-likeness (QED) is 0.434. The number of aromatic hydroxyl groups is 1. The monoisotopic (exact) mass is 462 g/mol. The summed E-state index contributed by atoms with van der Waals surface area (Å²) >= 11 is 0. The standard InChI is InChI=1S/C26H30N4O4/c1-16(2)25(32)28-19-9-12-24(31)21(13-19)22-14-23(18-5-4-6-18)30(29-22)26(33)27-15-17-7-10-20(34-3)11-8-17/h7-14,16,18,31H,4-6,15H2,1-3H3,(H,27,33)(H,28,32). The maximum Gasteiger partial charge on any atom is 0.342 e. The molecule has 0 saturated heterocycles. The van der Waals surface area contributed by atoms with Gasteiger partial charge in [-0.05, 0) is 54.8 Å². The van der Waals surface area contributed by atoms with E-state index >= 15 is 0 Å². The van der Waals surface area contributed by atoms with Crippen molar-refractivity contribution in [3.63, 3.8) is 0 Å². The summed E-state index contributed by atoms with van der Waals surface area (Å²) in [6.07, 6.45) is 3.10. The third-order valence-electron chi connectivity index (χ3n) is 6.12. The first-order valence-corrected chi connectivity index (χ1v) is 11.5. The Balaban J connectivity index is 1.58. The minimum Gasteiger partial charge on any atom is -0.507 e. The molecule has 2 amide bonds. The topological polar surface area (TPSA) is 105 Å². The van der Waals surface area contributed by atoms with Gasteiger partial charge in [0.25, 0.3) is 0 Å². The van der Waals surface area contributed by atoms with Gasteiger partial charge in [0.1, 0.15) is 11.5 Å². The lowest BCUT2D eigenvalue weighted by Crippen LogP contribution is -2.31. The van der Waals surface area contributed by atoms with Crippen LogP contribution in [0.2, 0.25) is 0 Å². The van der Waals surface area contributed by atoms with E-state index in [1.807, 2.05) is 44.2 Å². The molecule has 1 fully saturated rings. The summed E-state index contributed by atoms with van der Waals surface area (Å²) in [5.74, 6) is 0.752. The van der Waals surface area contributed by atoms with E-state index in [9.17, 15) is 14.7 Å². The highest BCUT2D eigenvalue weighted by Crippen LogP contribution is 2.39. The molecular weight excluding hydrogens is 432 g/mol. The number of ether oxygens (including phenoxy) is 1. The highest BCUT2D eigenvalue weighted by molar-refractivity contribution is 5.93. The van der Waals surface area contributed by atoms with E-state index in [1.165, 1.54) is 10.7 Å². The molecule has 0 unspecified atom stereocenters. The molecule has 2 aromatic carbocycles. The number of hydrogen-bond donors (Lipinski definition) is 3. The SMILES string of the molecule is COc1ccc(CNC(=O)n2nc(-c3cc(NC(=O)C(C)C)ccc3O)cc2C2CCC2)cc1. The Labute approximate surface area is 198 Å². The van der Waals surface area contributed by atoms with Gasteiger partial charge in [-0.3, -0.25) is 4.79 Å². The smallest absolute Gasteiger partial charge is 0.342 e. The van der Waals surface area contributed by atoms with Crippen LogP contribution in [0.1, 0.15) is 50.3 Å². The molecule has 1 heterocycles. The third kappa shape index (κ3) is 5.06. The van der Waals surface area contributed by atoms with Gasteiger partial charge in [-0.25, -0.2) is 4.79 Å². The zero-order valence-electron chi connectivity index (χ0n) is 19.7. The largest absolute Gasteiger partial charge is 0.507 e. The first kappa shape index (κ1) is 23.4. The normalized spacial score (nSPS) is 13.4. The Bertz CT molecular complexity index is 1180. The van der Waals surface area contributed by atoms with E-state index in [4.69, 9.17) is 4.74 Å². The number of methoxy groups -OCH3 is 1. The molecule has 0 spiro atoms. The summed E-state index contributed by atoms with van der Waals surface area (Å²) < 4.78 is 6.58. The van der Waals surface area contributed by atoms with Crippen molar-refractivity contribution in [1.82, 2.24) is 15.1 Å². The molecule has 0 aliphatic heterocycles. The molecule has 1 aliphatic carbocycles. The third-order valence-corrected chi connectivity index (χ3v) is 6.12. The van der Waals surface area contributed by atoms with Crippen molar-refractivity contribution in [1.29, 1.82) is 0 Å². The Morgan fingerprint density at radius 3 is 2.50 bits per heavy atom. The number of nitrogens with one attached hydrogen (secondary N) is 2. The number of carbonyl (C=O) groups is 2. The second kappa shape index (κ2) is 9.99. The number of benzene rings is 2. The van der Waals surface area contributed by atoms with Crippen LogP contribution in [0, 0.1) is 5.92 Å². The molecular formula is C26H30N4O4. The average Bonchev–Trinajstić information content (AvgIpc) is 3.22. The number of rotatable bonds is 7. The van der Waals surface area contributed by atoms with Gasteiger partial charge in [-0.2, -0.15) is 9.78 Å². The van der Waals surface area contributed by atoms with Gasteiger partial charge in [-0.1, -0.05) is 32.4 Å². The minimum atomic E-state index is -0.326. The zero-order valence-corrected chi connectivity index (χ0v) is 19.7. The van der Waals surface area contributed by atoms with Gasteiger partial charge in [0.15, 0.2) is 0 Å². The number of aromatic nitrogens is 2. The molecule has 178 valence electrons. The fourth-order valence-corrected chi connectivity index (χ4v) is 3.79. The van der Waals surface area contributed by atoms with Crippen molar-refractivity contribution in [2.75, 3.05) is 12.4 Å². The Kier molecular flexibility index (Phi) is 6.86. The molecule has 4 rings (SSSR count). The van der Waals surface area contributed by atoms with Crippen molar-refractivity contribution in [2.45, 2.75) is 45.6 Å². The summed E-state index contributed by atoms with van der Waals surface area (Å²) in [4.78, 5) is 25.2. The van der Waals surface area contributed by atoms with Gasteiger partial charge in [-0.15, -0.1) is 0 Å². The van der Waals surface area contributed by atoms with Crippen LogP contribution in [-0.4, -0.2) is 33.9 Å². The lowest BCUT2D eigenvalue weighted by Gasteiger charge is -2.25. The molecule has 1 aromatic heterocycles. The predicted octanol–water partition coefficient (Wildman–Crippen LogP) is 4.88. The van der Waals surface area contributed by atoms with Crippen LogP contribution < -0.4 is 15.4 Å². The molecule has 0 bridgehead atoms. The molecule has 0 radical (unpaired) electrons. The van der Waals surface area contributed by atoms with Gasteiger partial charge < -0.3 is 20.5 Å². The van der Waals surface area contributed by atoms with Gasteiger partial charge in [0.05, 0.1) is 18.5 Å². The summed E-state index contributed by atoms with van der Waals surface area (Å²) in [6.45, 7) is 3.98. The number of nitrogens with zero attached hydrogens (tertiary/aromatic N) is 2. The Morgan fingerprint density at radius 1 is 1.15 bits per heavy atom. The number of hydrogen-bond acceptors (Lipinski definition) is 5. The van der Waals surface area contributed by atoms with Crippen LogP contribution in [0.5, 0.6) is 11.5 Å². The van der Waals surface area contributed by atoms with Crippen molar-refractivity contribution in [2.24, 2.45) is 5.92 Å². The lowest BCUT2D eigenvalue weighted by atomic mass is 9.82.